The second-order valence-electron chi connectivity index (χ2n) is 8.52. The highest BCUT2D eigenvalue weighted by Gasteiger charge is 2.42. The first-order chi connectivity index (χ1) is 15.7. The Labute approximate surface area is 190 Å². The molecular weight excluding hydrogens is 430 g/mol. The molecule has 0 spiro atoms. The summed E-state index contributed by atoms with van der Waals surface area (Å²) in [5.41, 5.74) is 2.41. The normalized spacial score (nSPS) is 17.8. The zero-order chi connectivity index (χ0) is 23.8. The molecule has 0 bridgehead atoms. The van der Waals surface area contributed by atoms with Crippen molar-refractivity contribution in [1.29, 1.82) is 0 Å². The van der Waals surface area contributed by atoms with E-state index in [9.17, 15) is 18.4 Å². The van der Waals surface area contributed by atoms with Gasteiger partial charge in [-0.15, -0.1) is 0 Å². The summed E-state index contributed by atoms with van der Waals surface area (Å²) in [6.07, 6.45) is 0.358. The number of para-hydroxylation sites is 1. The smallest absolute Gasteiger partial charge is 0.264 e. The number of fused-ring (bicyclic) bond motifs is 1. The van der Waals surface area contributed by atoms with Gasteiger partial charge in [0.15, 0.2) is 0 Å². The number of ether oxygens (including phenoxy) is 1. The van der Waals surface area contributed by atoms with Crippen LogP contribution in [0.5, 0.6) is 5.75 Å². The van der Waals surface area contributed by atoms with Crippen LogP contribution in [0.15, 0.2) is 35.1 Å². The second kappa shape index (κ2) is 8.97. The fourth-order valence-corrected chi connectivity index (χ4v) is 4.58. The van der Waals surface area contributed by atoms with Crippen molar-refractivity contribution in [3.63, 3.8) is 0 Å². The van der Waals surface area contributed by atoms with E-state index in [0.717, 1.165) is 5.52 Å². The highest BCUT2D eigenvalue weighted by molar-refractivity contribution is 6.08. The molecule has 1 atom stereocenters. The fourth-order valence-electron chi connectivity index (χ4n) is 4.58. The topological polar surface area (TPSA) is 88.2 Å². The maximum atomic E-state index is 14.5. The van der Waals surface area contributed by atoms with Gasteiger partial charge < -0.3 is 24.9 Å². The van der Waals surface area contributed by atoms with Gasteiger partial charge in [0.1, 0.15) is 5.75 Å². The molecule has 1 fully saturated rings. The number of carbonyl (C=O) groups is 1. The largest absolute Gasteiger partial charge is 0.496 e. The molecule has 2 aromatic heterocycles. The lowest BCUT2D eigenvalue weighted by molar-refractivity contribution is -0.0785. The van der Waals surface area contributed by atoms with Gasteiger partial charge in [0.05, 0.1) is 31.3 Å². The number of aromatic nitrogens is 2. The third-order valence-corrected chi connectivity index (χ3v) is 6.36. The van der Waals surface area contributed by atoms with Crippen molar-refractivity contribution >= 4 is 16.8 Å². The van der Waals surface area contributed by atoms with Gasteiger partial charge in [-0.2, -0.15) is 0 Å². The lowest BCUT2D eigenvalue weighted by atomic mass is 9.94. The van der Waals surface area contributed by atoms with E-state index in [1.165, 1.54) is 7.11 Å². The predicted octanol–water partition coefficient (Wildman–Crippen LogP) is 3.13. The fraction of sp³-hybridized carbons (Fsp3) is 0.417. The summed E-state index contributed by atoms with van der Waals surface area (Å²) < 4.78 is 36.1. The van der Waals surface area contributed by atoms with Gasteiger partial charge in [-0.25, -0.2) is 8.78 Å². The average Bonchev–Trinajstić information content (AvgIpc) is 3.05. The minimum Gasteiger partial charge on any atom is -0.496 e. The Bertz CT molecular complexity index is 1250. The van der Waals surface area contributed by atoms with Crippen molar-refractivity contribution in [1.82, 2.24) is 20.2 Å². The van der Waals surface area contributed by atoms with Crippen molar-refractivity contribution in [2.24, 2.45) is 5.92 Å². The molecule has 1 aliphatic rings. The molecule has 176 valence electrons. The van der Waals surface area contributed by atoms with E-state index in [4.69, 9.17) is 4.74 Å². The highest BCUT2D eigenvalue weighted by Crippen LogP contribution is 2.34. The number of nitrogens with one attached hydrogen (secondary N) is 3. The van der Waals surface area contributed by atoms with E-state index in [2.05, 4.69) is 15.6 Å². The second-order valence-corrected chi connectivity index (χ2v) is 8.52. The molecule has 0 saturated carbocycles. The zero-order valence-electron chi connectivity index (χ0n) is 18.9. The number of alkyl halides is 2. The first-order valence-corrected chi connectivity index (χ1v) is 10.9. The molecule has 1 unspecified atom stereocenters. The van der Waals surface area contributed by atoms with Crippen LogP contribution in [0.2, 0.25) is 0 Å². The highest BCUT2D eigenvalue weighted by atomic mass is 19.3. The number of aromatic amines is 1. The van der Waals surface area contributed by atoms with Gasteiger partial charge in [-0.05, 0) is 38.9 Å². The summed E-state index contributed by atoms with van der Waals surface area (Å²) in [6, 6.07) is 8.99. The van der Waals surface area contributed by atoms with Crippen molar-refractivity contribution < 1.29 is 18.3 Å². The molecule has 1 saturated heterocycles. The number of nitrogens with zero attached hydrogens (tertiary/aromatic N) is 1. The third-order valence-electron chi connectivity index (χ3n) is 6.36. The van der Waals surface area contributed by atoms with Crippen LogP contribution in [0.4, 0.5) is 8.78 Å². The Morgan fingerprint density at radius 2 is 2.06 bits per heavy atom. The zero-order valence-corrected chi connectivity index (χ0v) is 18.9. The number of benzene rings is 1. The summed E-state index contributed by atoms with van der Waals surface area (Å²) >= 11 is 0. The Hall–Kier alpha value is -3.20. The van der Waals surface area contributed by atoms with E-state index in [-0.39, 0.29) is 31.1 Å². The Morgan fingerprint density at radius 1 is 1.30 bits per heavy atom. The molecular formula is C24H28F2N4O3. The average molecular weight is 459 g/mol. The quantitative estimate of drug-likeness (QED) is 0.530. The standard InChI is InChI=1S/C24H28F2N4O3/c1-14-10-20(33-3)18(22(31)29-14)11-28-23(32)21-15(2)30(19-7-5-4-6-17(19)21)12-16-8-9-27-13-24(16,25)26/h4-7,10,16,27H,8-9,11-13H2,1-3H3,(H,28,32)(H,29,31). The van der Waals surface area contributed by atoms with Gasteiger partial charge in [0, 0.05) is 34.8 Å². The summed E-state index contributed by atoms with van der Waals surface area (Å²) in [7, 11) is 1.47. The number of piperidine rings is 1. The van der Waals surface area contributed by atoms with E-state index >= 15 is 0 Å². The van der Waals surface area contributed by atoms with Crippen molar-refractivity contribution in [3.8, 4) is 5.75 Å². The third kappa shape index (κ3) is 4.37. The number of hydrogen-bond donors (Lipinski definition) is 3. The number of H-pyrrole nitrogens is 1. The van der Waals surface area contributed by atoms with Crippen LogP contribution in [0, 0.1) is 19.8 Å². The summed E-state index contributed by atoms with van der Waals surface area (Å²) in [6.45, 7) is 3.82. The van der Waals surface area contributed by atoms with Crippen LogP contribution in [-0.4, -0.2) is 41.6 Å². The molecule has 9 heteroatoms. The Balaban J connectivity index is 1.65. The van der Waals surface area contributed by atoms with E-state index in [1.807, 2.05) is 28.8 Å². The first-order valence-electron chi connectivity index (χ1n) is 10.9. The van der Waals surface area contributed by atoms with Crippen LogP contribution in [0.3, 0.4) is 0 Å². The number of rotatable bonds is 6. The minimum absolute atomic E-state index is 0.0249. The predicted molar refractivity (Wildman–Crippen MR) is 122 cm³/mol. The van der Waals surface area contributed by atoms with Gasteiger partial charge in [0.25, 0.3) is 17.4 Å². The number of halogens is 2. The summed E-state index contributed by atoms with van der Waals surface area (Å²) in [4.78, 5) is 28.3. The molecule has 0 aliphatic carbocycles. The molecule has 3 heterocycles. The molecule has 1 amide bonds. The SMILES string of the molecule is COc1cc(C)[nH]c(=O)c1CNC(=O)c1c(C)n(CC2CCNCC2(F)F)c2ccccc12. The lowest BCUT2D eigenvalue weighted by Gasteiger charge is -2.32. The van der Waals surface area contributed by atoms with E-state index in [1.54, 1.807) is 19.9 Å². The number of carbonyl (C=O) groups excluding carboxylic acids is 1. The van der Waals surface area contributed by atoms with Crippen LogP contribution >= 0.6 is 0 Å². The van der Waals surface area contributed by atoms with Crippen LogP contribution in [0.1, 0.15) is 33.7 Å². The van der Waals surface area contributed by atoms with Gasteiger partial charge in [0.2, 0.25) is 0 Å². The van der Waals surface area contributed by atoms with Crippen LogP contribution < -0.4 is 20.9 Å². The number of amides is 1. The molecule has 7 nitrogen and oxygen atoms in total. The monoisotopic (exact) mass is 458 g/mol. The Morgan fingerprint density at radius 3 is 2.79 bits per heavy atom. The minimum atomic E-state index is -2.82. The summed E-state index contributed by atoms with van der Waals surface area (Å²) in [5.74, 6) is -3.62. The summed E-state index contributed by atoms with van der Waals surface area (Å²) in [5, 5.41) is 6.25. The molecule has 4 rings (SSSR count). The number of aryl methyl sites for hydroxylation is 1. The molecule has 3 N–H and O–H groups in total. The van der Waals surface area contributed by atoms with Gasteiger partial charge in [-0.3, -0.25) is 9.59 Å². The number of pyridine rings is 1. The van der Waals surface area contributed by atoms with Crippen molar-refractivity contribution in [3.05, 3.63) is 63.2 Å². The maximum absolute atomic E-state index is 14.5. The van der Waals surface area contributed by atoms with Crippen LogP contribution in [0.25, 0.3) is 10.9 Å². The van der Waals surface area contributed by atoms with Crippen molar-refractivity contribution in [2.45, 2.75) is 39.3 Å². The van der Waals surface area contributed by atoms with Gasteiger partial charge in [-0.1, -0.05) is 18.2 Å². The molecule has 1 aliphatic heterocycles. The lowest BCUT2D eigenvalue weighted by Crippen LogP contribution is -2.47. The number of hydrogen-bond acceptors (Lipinski definition) is 4. The van der Waals surface area contributed by atoms with Gasteiger partial charge >= 0.3 is 0 Å². The van der Waals surface area contributed by atoms with Crippen molar-refractivity contribution in [2.75, 3.05) is 20.2 Å². The first kappa shape index (κ1) is 23.0. The van der Waals surface area contributed by atoms with E-state index in [0.29, 0.717) is 46.6 Å². The van der Waals surface area contributed by atoms with E-state index < -0.39 is 11.8 Å². The van der Waals surface area contributed by atoms with Crippen LogP contribution in [-0.2, 0) is 13.1 Å². The molecule has 1 aromatic carbocycles. The molecule has 33 heavy (non-hydrogen) atoms. The molecule has 3 aromatic rings. The Kier molecular flexibility index (Phi) is 6.25. The number of methoxy groups -OCH3 is 1. The maximum Gasteiger partial charge on any atom is 0.264 e. The molecule has 0 radical (unpaired) electrons.